The number of nitrogens with two attached hydrogens (primary N) is 1. The van der Waals surface area contributed by atoms with E-state index in [0.29, 0.717) is 6.54 Å². The quantitative estimate of drug-likeness (QED) is 0.849. The average Bonchev–Trinajstić information content (AvgIpc) is 2.47. The van der Waals surface area contributed by atoms with Gasteiger partial charge in [0.1, 0.15) is 0 Å². The molecule has 114 valence electrons. The molecule has 1 unspecified atom stereocenters. The third-order valence-electron chi connectivity index (χ3n) is 4.03. The van der Waals surface area contributed by atoms with E-state index >= 15 is 0 Å². The Bertz CT molecular complexity index is 565. The third kappa shape index (κ3) is 4.27. The van der Waals surface area contributed by atoms with Crippen molar-refractivity contribution in [1.29, 1.82) is 0 Å². The van der Waals surface area contributed by atoms with Crippen LogP contribution in [0.15, 0.2) is 42.5 Å². The molecule has 2 rings (SSSR count). The third-order valence-corrected chi connectivity index (χ3v) is 4.03. The lowest BCUT2D eigenvalue weighted by molar-refractivity contribution is 0.235. The van der Waals surface area contributed by atoms with E-state index in [0.717, 1.165) is 19.5 Å². The van der Waals surface area contributed by atoms with Crippen molar-refractivity contribution >= 4 is 10.8 Å². The van der Waals surface area contributed by atoms with Crippen LogP contribution in [0.2, 0.25) is 0 Å². The van der Waals surface area contributed by atoms with Gasteiger partial charge in [-0.2, -0.15) is 0 Å². The zero-order valence-corrected chi connectivity index (χ0v) is 13.4. The minimum absolute atomic E-state index is 0.289. The topological polar surface area (TPSA) is 32.5 Å². The van der Waals surface area contributed by atoms with Gasteiger partial charge in [0.15, 0.2) is 0 Å². The molecule has 0 bridgehead atoms. The van der Waals surface area contributed by atoms with Crippen molar-refractivity contribution in [2.45, 2.75) is 12.5 Å². The number of benzene rings is 2. The van der Waals surface area contributed by atoms with E-state index in [4.69, 9.17) is 5.73 Å². The van der Waals surface area contributed by atoms with Crippen molar-refractivity contribution in [2.75, 3.05) is 40.8 Å². The lowest BCUT2D eigenvalue weighted by atomic mass is 10.0. The number of hydrogen-bond acceptors (Lipinski definition) is 3. The summed E-state index contributed by atoms with van der Waals surface area (Å²) in [6.07, 6.45) is 1.16. The van der Waals surface area contributed by atoms with E-state index in [2.05, 4.69) is 73.4 Å². The Balaban J connectivity index is 2.10. The zero-order chi connectivity index (χ0) is 15.2. The monoisotopic (exact) mass is 285 g/mol. The molecule has 0 fully saturated rings. The highest BCUT2D eigenvalue weighted by Gasteiger charge is 2.15. The summed E-state index contributed by atoms with van der Waals surface area (Å²) in [6, 6.07) is 15.4. The van der Waals surface area contributed by atoms with Crippen molar-refractivity contribution in [3.63, 3.8) is 0 Å². The first-order chi connectivity index (χ1) is 10.1. The first kappa shape index (κ1) is 16.0. The van der Waals surface area contributed by atoms with E-state index in [1.54, 1.807) is 0 Å². The summed E-state index contributed by atoms with van der Waals surface area (Å²) in [4.78, 5) is 4.59. The Kier molecular flexibility index (Phi) is 5.74. The molecule has 21 heavy (non-hydrogen) atoms. The van der Waals surface area contributed by atoms with Gasteiger partial charge in [-0.3, -0.25) is 4.90 Å². The van der Waals surface area contributed by atoms with E-state index in [1.807, 2.05) is 0 Å². The van der Waals surface area contributed by atoms with Gasteiger partial charge in [-0.1, -0.05) is 36.4 Å². The molecular formula is C18H27N3. The summed E-state index contributed by atoms with van der Waals surface area (Å²) in [5.41, 5.74) is 7.34. The van der Waals surface area contributed by atoms with Crippen LogP contribution in [0.4, 0.5) is 0 Å². The minimum Gasteiger partial charge on any atom is -0.329 e. The average molecular weight is 285 g/mol. The van der Waals surface area contributed by atoms with Gasteiger partial charge in [0.2, 0.25) is 0 Å². The second-order valence-corrected chi connectivity index (χ2v) is 6.00. The number of nitrogens with zero attached hydrogens (tertiary/aromatic N) is 2. The summed E-state index contributed by atoms with van der Waals surface area (Å²) in [6.45, 7) is 2.82. The van der Waals surface area contributed by atoms with Crippen molar-refractivity contribution in [3.8, 4) is 0 Å². The van der Waals surface area contributed by atoms with Crippen LogP contribution in [-0.4, -0.2) is 50.6 Å². The van der Waals surface area contributed by atoms with Gasteiger partial charge in [-0.15, -0.1) is 0 Å². The second kappa shape index (κ2) is 7.55. The summed E-state index contributed by atoms with van der Waals surface area (Å²) in [5, 5.41) is 2.57. The van der Waals surface area contributed by atoms with E-state index in [-0.39, 0.29) is 6.04 Å². The fourth-order valence-corrected chi connectivity index (χ4v) is 2.78. The van der Waals surface area contributed by atoms with Crippen molar-refractivity contribution in [3.05, 3.63) is 48.0 Å². The molecule has 0 saturated carbocycles. The minimum atomic E-state index is 0.289. The highest BCUT2D eigenvalue weighted by atomic mass is 15.1. The fourth-order valence-electron chi connectivity index (χ4n) is 2.78. The van der Waals surface area contributed by atoms with Gasteiger partial charge in [0.05, 0.1) is 0 Å². The Hall–Kier alpha value is -1.42. The highest BCUT2D eigenvalue weighted by Crippen LogP contribution is 2.23. The molecule has 0 aliphatic heterocycles. The number of likely N-dealkylation sites (N-methyl/N-ethyl adjacent to an activating group) is 1. The zero-order valence-electron chi connectivity index (χ0n) is 13.4. The van der Waals surface area contributed by atoms with Crippen molar-refractivity contribution in [1.82, 2.24) is 9.80 Å². The summed E-state index contributed by atoms with van der Waals surface area (Å²) >= 11 is 0. The molecule has 3 heteroatoms. The molecule has 0 amide bonds. The number of fused-ring (bicyclic) bond motifs is 1. The van der Waals surface area contributed by atoms with Crippen LogP contribution >= 0.6 is 0 Å². The molecular weight excluding hydrogens is 258 g/mol. The Morgan fingerprint density at radius 1 is 0.952 bits per heavy atom. The first-order valence-corrected chi connectivity index (χ1v) is 7.65. The Morgan fingerprint density at radius 2 is 1.67 bits per heavy atom. The lowest BCUT2D eigenvalue weighted by Crippen LogP contribution is -2.32. The van der Waals surface area contributed by atoms with Gasteiger partial charge in [0, 0.05) is 12.6 Å². The summed E-state index contributed by atoms with van der Waals surface area (Å²) in [7, 11) is 6.40. The molecule has 0 aliphatic carbocycles. The SMILES string of the molecule is CN(C)CCCN(C)C(CN)c1ccc2ccccc2c1. The molecule has 1 atom stereocenters. The molecule has 0 saturated heterocycles. The first-order valence-electron chi connectivity index (χ1n) is 7.65. The Morgan fingerprint density at radius 3 is 2.33 bits per heavy atom. The molecule has 2 aromatic rings. The van der Waals surface area contributed by atoms with Gasteiger partial charge >= 0.3 is 0 Å². The van der Waals surface area contributed by atoms with Crippen LogP contribution < -0.4 is 5.73 Å². The van der Waals surface area contributed by atoms with E-state index in [9.17, 15) is 0 Å². The maximum atomic E-state index is 6.03. The molecule has 0 radical (unpaired) electrons. The predicted molar refractivity (Wildman–Crippen MR) is 91.5 cm³/mol. The summed E-state index contributed by atoms with van der Waals surface area (Å²) in [5.74, 6) is 0. The molecule has 3 nitrogen and oxygen atoms in total. The normalized spacial score (nSPS) is 13.2. The Labute approximate surface area is 128 Å². The van der Waals surface area contributed by atoms with Crippen molar-refractivity contribution < 1.29 is 0 Å². The standard InChI is InChI=1S/C18H27N3/c1-20(2)11-6-12-21(3)18(14-19)17-10-9-15-7-4-5-8-16(15)13-17/h4-5,7-10,13,18H,6,11-12,14,19H2,1-3H3. The predicted octanol–water partition coefficient (Wildman–Crippen LogP) is 2.72. The number of rotatable bonds is 7. The van der Waals surface area contributed by atoms with Crippen LogP contribution in [0.3, 0.4) is 0 Å². The van der Waals surface area contributed by atoms with E-state index in [1.165, 1.54) is 16.3 Å². The van der Waals surface area contributed by atoms with E-state index < -0.39 is 0 Å². The van der Waals surface area contributed by atoms with Gasteiger partial charge < -0.3 is 10.6 Å². The lowest BCUT2D eigenvalue weighted by Gasteiger charge is -2.28. The second-order valence-electron chi connectivity index (χ2n) is 6.00. The maximum absolute atomic E-state index is 6.03. The van der Waals surface area contributed by atoms with Crippen LogP contribution in [0.1, 0.15) is 18.0 Å². The van der Waals surface area contributed by atoms with Gasteiger partial charge in [-0.05, 0) is 63.1 Å². The largest absolute Gasteiger partial charge is 0.329 e. The fraction of sp³-hybridized carbons (Fsp3) is 0.444. The molecule has 2 aromatic carbocycles. The smallest absolute Gasteiger partial charge is 0.0467 e. The molecule has 2 N–H and O–H groups in total. The van der Waals surface area contributed by atoms with Crippen LogP contribution in [0, 0.1) is 0 Å². The summed E-state index contributed by atoms with van der Waals surface area (Å²) < 4.78 is 0. The van der Waals surface area contributed by atoms with Crippen LogP contribution in [0.5, 0.6) is 0 Å². The highest BCUT2D eigenvalue weighted by molar-refractivity contribution is 5.83. The maximum Gasteiger partial charge on any atom is 0.0467 e. The number of hydrogen-bond donors (Lipinski definition) is 1. The van der Waals surface area contributed by atoms with Crippen LogP contribution in [0.25, 0.3) is 10.8 Å². The molecule has 0 spiro atoms. The molecule has 0 heterocycles. The van der Waals surface area contributed by atoms with Crippen LogP contribution in [-0.2, 0) is 0 Å². The van der Waals surface area contributed by atoms with Gasteiger partial charge in [-0.25, -0.2) is 0 Å². The molecule has 0 aliphatic rings. The van der Waals surface area contributed by atoms with Crippen molar-refractivity contribution in [2.24, 2.45) is 5.73 Å². The van der Waals surface area contributed by atoms with Gasteiger partial charge in [0.25, 0.3) is 0 Å². The molecule has 0 aromatic heterocycles.